The zero-order valence-electron chi connectivity index (χ0n) is 18.3. The van der Waals surface area contributed by atoms with E-state index in [1.165, 1.54) is 0 Å². The molecule has 2 heterocycles. The lowest BCUT2D eigenvalue weighted by Gasteiger charge is -2.18. The molecule has 6 heteroatoms. The number of hydrogen-bond donors (Lipinski definition) is 2. The number of H-pyrrole nitrogens is 1. The highest BCUT2D eigenvalue weighted by Gasteiger charge is 2.27. The number of aromatic amines is 1. The molecule has 3 aromatic carbocycles. The van der Waals surface area contributed by atoms with E-state index in [9.17, 15) is 4.79 Å². The summed E-state index contributed by atoms with van der Waals surface area (Å²) in [6.45, 7) is 2.14. The molecule has 6 nitrogen and oxygen atoms in total. The Balaban J connectivity index is 1.16. The second-order valence-electron chi connectivity index (χ2n) is 8.49. The minimum absolute atomic E-state index is 0.0994. The largest absolute Gasteiger partial charge is 0.345 e. The average molecular weight is 436 g/mol. The van der Waals surface area contributed by atoms with Crippen LogP contribution in [0.1, 0.15) is 39.4 Å². The van der Waals surface area contributed by atoms with Gasteiger partial charge < -0.3 is 15.2 Å². The molecule has 1 amide bonds. The fraction of sp³-hybridized carbons (Fsp3) is 0.222. The fourth-order valence-corrected chi connectivity index (χ4v) is 4.42. The zero-order valence-corrected chi connectivity index (χ0v) is 18.3. The topological polar surface area (TPSA) is 84.8 Å². The van der Waals surface area contributed by atoms with Crippen molar-refractivity contribution >= 4 is 16.7 Å². The number of hydrogen-bond acceptors (Lipinski definition) is 4. The number of carbonyl (C=O) groups is 1. The van der Waals surface area contributed by atoms with E-state index in [0.29, 0.717) is 25.1 Å². The highest BCUT2D eigenvalue weighted by Crippen LogP contribution is 2.22. The number of carbonyl (C=O) groups excluding carboxylic acids is 1. The van der Waals surface area contributed by atoms with Gasteiger partial charge in [-0.3, -0.25) is 4.79 Å². The van der Waals surface area contributed by atoms with E-state index < -0.39 is 0 Å². The lowest BCUT2D eigenvalue weighted by Crippen LogP contribution is -2.35. The number of benzene rings is 3. The van der Waals surface area contributed by atoms with Gasteiger partial charge in [0, 0.05) is 49.6 Å². The molecule has 0 aliphatic carbocycles. The van der Waals surface area contributed by atoms with E-state index in [4.69, 9.17) is 5.26 Å². The first-order valence-corrected chi connectivity index (χ1v) is 11.2. The molecule has 4 aromatic rings. The molecule has 0 unspecified atom stereocenters. The first-order valence-electron chi connectivity index (χ1n) is 11.2. The van der Waals surface area contributed by atoms with E-state index in [1.807, 2.05) is 77.8 Å². The monoisotopic (exact) mass is 435 g/mol. The van der Waals surface area contributed by atoms with Crippen LogP contribution in [0.4, 0.5) is 0 Å². The van der Waals surface area contributed by atoms with Gasteiger partial charge in [-0.05, 0) is 41.0 Å². The third kappa shape index (κ3) is 4.64. The maximum absolute atomic E-state index is 13.2. The fourth-order valence-electron chi connectivity index (χ4n) is 4.42. The van der Waals surface area contributed by atoms with Gasteiger partial charge in [-0.25, -0.2) is 4.98 Å². The normalized spacial score (nSPS) is 15.6. The Morgan fingerprint density at radius 2 is 1.94 bits per heavy atom. The van der Waals surface area contributed by atoms with Crippen LogP contribution in [0.5, 0.6) is 0 Å². The van der Waals surface area contributed by atoms with Crippen LogP contribution in [0.2, 0.25) is 0 Å². The van der Waals surface area contributed by atoms with E-state index in [-0.39, 0.29) is 11.9 Å². The molecule has 1 fully saturated rings. The molecule has 0 spiro atoms. The Labute approximate surface area is 192 Å². The Morgan fingerprint density at radius 3 is 2.79 bits per heavy atom. The molecule has 1 aliphatic rings. The number of nitrogens with zero attached hydrogens (tertiary/aromatic N) is 3. The molecule has 1 aromatic heterocycles. The summed E-state index contributed by atoms with van der Waals surface area (Å²) in [5.74, 6) is 0.998. The van der Waals surface area contributed by atoms with E-state index in [1.54, 1.807) is 0 Å². The van der Waals surface area contributed by atoms with Crippen LogP contribution in [-0.4, -0.2) is 39.9 Å². The minimum atomic E-state index is 0.0994. The Hall–Kier alpha value is -3.95. The number of aromatic nitrogens is 2. The molecule has 0 saturated carbocycles. The van der Waals surface area contributed by atoms with Crippen molar-refractivity contribution in [3.63, 3.8) is 0 Å². The molecule has 5 rings (SSSR count). The van der Waals surface area contributed by atoms with Crippen LogP contribution in [0, 0.1) is 11.3 Å². The first kappa shape index (κ1) is 20.9. The summed E-state index contributed by atoms with van der Waals surface area (Å²) in [6.07, 6.45) is 3.49. The second kappa shape index (κ2) is 9.27. The van der Waals surface area contributed by atoms with Crippen molar-refractivity contribution in [3.8, 4) is 6.07 Å². The quantitative estimate of drug-likeness (QED) is 0.479. The van der Waals surface area contributed by atoms with Crippen molar-refractivity contribution in [3.05, 3.63) is 101 Å². The van der Waals surface area contributed by atoms with Crippen molar-refractivity contribution in [2.45, 2.75) is 25.4 Å². The van der Waals surface area contributed by atoms with Gasteiger partial charge in [-0.1, -0.05) is 48.5 Å². The van der Waals surface area contributed by atoms with E-state index in [2.05, 4.69) is 21.4 Å². The molecule has 1 saturated heterocycles. The van der Waals surface area contributed by atoms with Gasteiger partial charge in [-0.2, -0.15) is 5.26 Å². The van der Waals surface area contributed by atoms with Crippen LogP contribution in [0.3, 0.4) is 0 Å². The van der Waals surface area contributed by atoms with Gasteiger partial charge in [0.25, 0.3) is 5.91 Å². The molecular formula is C27H25N5O. The van der Waals surface area contributed by atoms with Crippen molar-refractivity contribution < 1.29 is 4.79 Å². The van der Waals surface area contributed by atoms with E-state index >= 15 is 0 Å². The molecule has 0 bridgehead atoms. The van der Waals surface area contributed by atoms with Crippen LogP contribution < -0.4 is 5.32 Å². The maximum atomic E-state index is 13.2. The molecule has 0 radical (unpaired) electrons. The van der Waals surface area contributed by atoms with Crippen molar-refractivity contribution in [2.24, 2.45) is 0 Å². The molecule has 164 valence electrons. The van der Waals surface area contributed by atoms with Crippen molar-refractivity contribution in [2.75, 3.05) is 13.1 Å². The predicted octanol–water partition coefficient (Wildman–Crippen LogP) is 4.03. The summed E-state index contributed by atoms with van der Waals surface area (Å²) >= 11 is 0. The summed E-state index contributed by atoms with van der Waals surface area (Å²) in [6, 6.07) is 23.9. The summed E-state index contributed by atoms with van der Waals surface area (Å²) in [5.41, 5.74) is 3.57. The number of imidazole rings is 1. The van der Waals surface area contributed by atoms with Gasteiger partial charge in [0.2, 0.25) is 0 Å². The predicted molar refractivity (Wildman–Crippen MR) is 128 cm³/mol. The summed E-state index contributed by atoms with van der Waals surface area (Å²) in [5, 5.41) is 14.6. The summed E-state index contributed by atoms with van der Waals surface area (Å²) < 4.78 is 0. The van der Waals surface area contributed by atoms with Crippen molar-refractivity contribution in [1.82, 2.24) is 20.2 Å². The Kier molecular flexibility index (Phi) is 5.88. The van der Waals surface area contributed by atoms with Gasteiger partial charge in [-0.15, -0.1) is 0 Å². The molecule has 33 heavy (non-hydrogen) atoms. The van der Waals surface area contributed by atoms with Crippen LogP contribution in [0.25, 0.3) is 10.8 Å². The Bertz CT molecular complexity index is 1310. The number of nitrogens with one attached hydrogen (secondary N) is 2. The second-order valence-corrected chi connectivity index (χ2v) is 8.49. The number of nitriles is 1. The number of fused-ring (bicyclic) bond motifs is 1. The van der Waals surface area contributed by atoms with Crippen LogP contribution in [0.15, 0.2) is 72.9 Å². The average Bonchev–Trinajstić information content (AvgIpc) is 3.52. The Morgan fingerprint density at radius 1 is 1.12 bits per heavy atom. The number of rotatable bonds is 6. The highest BCUT2D eigenvalue weighted by molar-refractivity contribution is 6.07. The number of amides is 1. The molecule has 1 aliphatic heterocycles. The molecule has 2 N–H and O–H groups in total. The zero-order chi connectivity index (χ0) is 22.6. The van der Waals surface area contributed by atoms with Gasteiger partial charge in [0.05, 0.1) is 11.6 Å². The lowest BCUT2D eigenvalue weighted by atomic mass is 10.0. The minimum Gasteiger partial charge on any atom is -0.345 e. The first-order chi connectivity index (χ1) is 16.2. The maximum Gasteiger partial charge on any atom is 0.254 e. The van der Waals surface area contributed by atoms with Gasteiger partial charge in [0.15, 0.2) is 0 Å². The summed E-state index contributed by atoms with van der Waals surface area (Å²) in [7, 11) is 0. The van der Waals surface area contributed by atoms with E-state index in [0.717, 1.165) is 46.4 Å². The molecule has 1 atom stereocenters. The third-order valence-electron chi connectivity index (χ3n) is 6.21. The lowest BCUT2D eigenvalue weighted by molar-refractivity contribution is 0.0791. The standard InChI is InChI=1S/C27H25N5O/c28-15-20-10-8-19(9-11-20)14-26-30-17-23(31-26)16-29-22-12-13-32(18-22)27(33)25-7-3-5-21-4-1-2-6-24(21)25/h1-11,17,22,29H,12-14,16,18H2,(H,30,31)/t22-/m1/s1. The summed E-state index contributed by atoms with van der Waals surface area (Å²) in [4.78, 5) is 23.0. The third-order valence-corrected chi connectivity index (χ3v) is 6.21. The smallest absolute Gasteiger partial charge is 0.254 e. The van der Waals surface area contributed by atoms with Gasteiger partial charge in [0.1, 0.15) is 5.82 Å². The highest BCUT2D eigenvalue weighted by atomic mass is 16.2. The SMILES string of the molecule is N#Cc1ccc(Cc2ncc(CN[C@@H]3CCN(C(=O)c4cccc5ccccc45)C3)[nH]2)cc1. The van der Waals surface area contributed by atoms with Crippen LogP contribution >= 0.6 is 0 Å². The number of likely N-dealkylation sites (tertiary alicyclic amines) is 1. The molecular weight excluding hydrogens is 410 g/mol. The van der Waals surface area contributed by atoms with Crippen molar-refractivity contribution in [1.29, 1.82) is 5.26 Å². The van der Waals surface area contributed by atoms with Gasteiger partial charge >= 0.3 is 0 Å². The van der Waals surface area contributed by atoms with Crippen LogP contribution in [-0.2, 0) is 13.0 Å².